The fraction of sp³-hybridized carbons (Fsp3) is 0.452. The van der Waals surface area contributed by atoms with Crippen LogP contribution in [-0.2, 0) is 27.2 Å². The fourth-order valence-corrected chi connectivity index (χ4v) is 5.60. The third-order valence-electron chi connectivity index (χ3n) is 7.72. The summed E-state index contributed by atoms with van der Waals surface area (Å²) in [5.41, 5.74) is 10.3. The number of likely N-dealkylation sites (tertiary alicyclic amines) is 1. The smallest absolute Gasteiger partial charge is 0.242 e. The Morgan fingerprint density at radius 2 is 1.79 bits per heavy atom. The second-order valence-electron chi connectivity index (χ2n) is 11.8. The highest BCUT2D eigenvalue weighted by molar-refractivity contribution is 5.93. The normalized spacial score (nSPS) is 18.8. The van der Waals surface area contributed by atoms with Crippen LogP contribution in [0.3, 0.4) is 0 Å². The molecule has 2 heterocycles. The van der Waals surface area contributed by atoms with E-state index in [4.69, 9.17) is 5.73 Å². The number of carbonyl (C=O) groups excluding carboxylic acids is 3. The van der Waals surface area contributed by atoms with Gasteiger partial charge in [-0.25, -0.2) is 5.01 Å². The zero-order valence-electron chi connectivity index (χ0n) is 23.5. The average molecular weight is 532 g/mol. The van der Waals surface area contributed by atoms with E-state index < -0.39 is 16.9 Å². The molecule has 4 N–H and O–H groups in total. The average Bonchev–Trinajstić information content (AvgIpc) is 3.30. The second-order valence-corrected chi connectivity index (χ2v) is 11.8. The number of aromatic amines is 1. The minimum absolute atomic E-state index is 0.0495. The molecule has 1 fully saturated rings. The van der Waals surface area contributed by atoms with E-state index in [2.05, 4.69) is 10.4 Å². The van der Waals surface area contributed by atoms with Crippen LogP contribution in [-0.4, -0.2) is 65.2 Å². The van der Waals surface area contributed by atoms with E-state index in [0.717, 1.165) is 22.0 Å². The fourth-order valence-electron chi connectivity index (χ4n) is 5.60. The number of para-hydroxylation sites is 1. The van der Waals surface area contributed by atoms with Gasteiger partial charge in [0, 0.05) is 56.6 Å². The molecule has 39 heavy (non-hydrogen) atoms. The van der Waals surface area contributed by atoms with Crippen molar-refractivity contribution in [1.29, 1.82) is 0 Å². The molecule has 2 atom stereocenters. The van der Waals surface area contributed by atoms with Crippen molar-refractivity contribution >= 4 is 28.5 Å². The lowest BCUT2D eigenvalue weighted by Gasteiger charge is -2.43. The second kappa shape index (κ2) is 11.7. The van der Waals surface area contributed by atoms with Crippen LogP contribution in [0.2, 0.25) is 0 Å². The monoisotopic (exact) mass is 531 g/mol. The summed E-state index contributed by atoms with van der Waals surface area (Å²) in [4.78, 5) is 46.0. The number of hydrogen-bond donors (Lipinski definition) is 3. The van der Waals surface area contributed by atoms with Gasteiger partial charge in [-0.15, -0.1) is 0 Å². The first kappa shape index (κ1) is 28.5. The summed E-state index contributed by atoms with van der Waals surface area (Å²) in [6.07, 6.45) is 4.29. The first-order valence-electron chi connectivity index (χ1n) is 13.7. The highest BCUT2D eigenvalue weighted by atomic mass is 16.2. The number of nitrogens with zero attached hydrogens (tertiary/aromatic N) is 2. The largest absolute Gasteiger partial charge is 0.361 e. The highest BCUT2D eigenvalue weighted by Crippen LogP contribution is 2.36. The van der Waals surface area contributed by atoms with Crippen LogP contribution >= 0.6 is 0 Å². The van der Waals surface area contributed by atoms with Gasteiger partial charge >= 0.3 is 0 Å². The van der Waals surface area contributed by atoms with E-state index in [0.29, 0.717) is 38.8 Å². The van der Waals surface area contributed by atoms with Crippen molar-refractivity contribution in [3.05, 3.63) is 71.9 Å². The number of nitrogens with two attached hydrogens (primary N) is 1. The molecule has 1 aromatic heterocycles. The lowest BCUT2D eigenvalue weighted by atomic mass is 9.74. The Hall–Kier alpha value is -3.49. The molecule has 2 aromatic carbocycles. The van der Waals surface area contributed by atoms with Crippen molar-refractivity contribution in [2.45, 2.75) is 51.5 Å². The van der Waals surface area contributed by atoms with Gasteiger partial charge in [0.25, 0.3) is 0 Å². The van der Waals surface area contributed by atoms with Crippen LogP contribution in [0, 0.1) is 11.3 Å². The molecular weight excluding hydrogens is 490 g/mol. The van der Waals surface area contributed by atoms with Crippen LogP contribution in [0.15, 0.2) is 60.8 Å². The Kier molecular flexibility index (Phi) is 8.57. The molecule has 1 aliphatic rings. The number of Topliss-reactive ketones (excluding diaryl/α,β-unsaturated/α-hetero) is 1. The van der Waals surface area contributed by atoms with Crippen molar-refractivity contribution in [3.8, 4) is 0 Å². The van der Waals surface area contributed by atoms with Crippen LogP contribution in [0.1, 0.15) is 44.2 Å². The van der Waals surface area contributed by atoms with Gasteiger partial charge in [0.2, 0.25) is 11.8 Å². The molecule has 1 saturated heterocycles. The van der Waals surface area contributed by atoms with Crippen molar-refractivity contribution in [2.24, 2.45) is 17.1 Å². The molecule has 0 bridgehead atoms. The summed E-state index contributed by atoms with van der Waals surface area (Å²) in [6, 6.07) is 17.9. The van der Waals surface area contributed by atoms with E-state index in [1.807, 2.05) is 60.8 Å². The van der Waals surface area contributed by atoms with E-state index >= 15 is 0 Å². The number of piperidine rings is 1. The molecule has 2 amide bonds. The minimum Gasteiger partial charge on any atom is -0.361 e. The number of benzene rings is 2. The van der Waals surface area contributed by atoms with Crippen LogP contribution in [0.5, 0.6) is 0 Å². The Bertz CT molecular complexity index is 1310. The summed E-state index contributed by atoms with van der Waals surface area (Å²) in [7, 11) is 3.58. The SMILES string of the molecule is CN(C)NC(=O)C1(Cc2ccccc2)CCCN(C(=O)[C@H](CC(=O)C(C)(C)N)Cc2c[nH]c3ccccc23)C1. The lowest BCUT2D eigenvalue weighted by molar-refractivity contribution is -0.147. The van der Waals surface area contributed by atoms with Gasteiger partial charge in [-0.1, -0.05) is 48.5 Å². The summed E-state index contributed by atoms with van der Waals surface area (Å²) in [5.74, 6) is -0.934. The highest BCUT2D eigenvalue weighted by Gasteiger charge is 2.45. The molecule has 8 heteroatoms. The maximum atomic E-state index is 14.2. The quantitative estimate of drug-likeness (QED) is 0.347. The molecule has 8 nitrogen and oxygen atoms in total. The van der Waals surface area contributed by atoms with Gasteiger partial charge in [0.1, 0.15) is 0 Å². The van der Waals surface area contributed by atoms with Gasteiger partial charge < -0.3 is 15.6 Å². The number of hydrogen-bond acceptors (Lipinski definition) is 5. The molecule has 4 rings (SSSR count). The van der Waals surface area contributed by atoms with Gasteiger partial charge in [-0.3, -0.25) is 19.8 Å². The van der Waals surface area contributed by atoms with E-state index in [1.54, 1.807) is 37.9 Å². The molecule has 3 aromatic rings. The van der Waals surface area contributed by atoms with E-state index in [9.17, 15) is 14.4 Å². The van der Waals surface area contributed by atoms with Gasteiger partial charge in [-0.2, -0.15) is 0 Å². The first-order chi connectivity index (χ1) is 18.5. The number of fused-ring (bicyclic) bond motifs is 1. The summed E-state index contributed by atoms with van der Waals surface area (Å²) in [5, 5.41) is 2.69. The maximum absolute atomic E-state index is 14.2. The Labute approximate surface area is 230 Å². The predicted octanol–water partition coefficient (Wildman–Crippen LogP) is 3.47. The Morgan fingerprint density at radius 1 is 1.10 bits per heavy atom. The van der Waals surface area contributed by atoms with E-state index in [1.165, 1.54) is 0 Å². The standard InChI is InChI=1S/C31H41N5O3/c1-30(2,32)27(37)18-23(17-24-20-33-26-14-9-8-13-25(24)26)28(38)36-16-10-15-31(21-36,29(39)34-35(3)4)19-22-11-6-5-7-12-22/h5-9,11-14,20,23,33H,10,15-19,21,32H2,1-4H3,(H,34,39)/t23-,31?/m0/s1. The number of H-pyrrole nitrogens is 1. The molecule has 208 valence electrons. The number of aromatic nitrogens is 1. The topological polar surface area (TPSA) is 112 Å². The first-order valence-corrected chi connectivity index (χ1v) is 13.7. The van der Waals surface area contributed by atoms with Gasteiger partial charge in [-0.05, 0) is 56.7 Å². The zero-order chi connectivity index (χ0) is 28.2. The van der Waals surface area contributed by atoms with Gasteiger partial charge in [0.05, 0.1) is 11.0 Å². The predicted molar refractivity (Wildman–Crippen MR) is 154 cm³/mol. The Morgan fingerprint density at radius 3 is 2.49 bits per heavy atom. The number of carbonyl (C=O) groups is 3. The van der Waals surface area contributed by atoms with Crippen molar-refractivity contribution in [1.82, 2.24) is 20.3 Å². The number of rotatable bonds is 10. The zero-order valence-corrected chi connectivity index (χ0v) is 23.5. The third kappa shape index (κ3) is 6.75. The van der Waals surface area contributed by atoms with Crippen molar-refractivity contribution < 1.29 is 14.4 Å². The lowest BCUT2D eigenvalue weighted by Crippen LogP contribution is -2.57. The molecule has 0 radical (unpaired) electrons. The van der Waals surface area contributed by atoms with Crippen molar-refractivity contribution in [3.63, 3.8) is 0 Å². The summed E-state index contributed by atoms with van der Waals surface area (Å²) >= 11 is 0. The molecule has 0 spiro atoms. The van der Waals surface area contributed by atoms with Crippen LogP contribution < -0.4 is 11.2 Å². The van der Waals surface area contributed by atoms with Crippen LogP contribution in [0.25, 0.3) is 10.9 Å². The minimum atomic E-state index is -1.04. The van der Waals surface area contributed by atoms with E-state index in [-0.39, 0.29) is 24.0 Å². The third-order valence-corrected chi connectivity index (χ3v) is 7.72. The number of amides is 2. The number of nitrogens with one attached hydrogen (secondary N) is 2. The number of ketones is 1. The molecule has 1 unspecified atom stereocenters. The number of hydrazine groups is 1. The molecular formula is C31H41N5O3. The summed E-state index contributed by atoms with van der Waals surface area (Å²) < 4.78 is 0. The maximum Gasteiger partial charge on any atom is 0.242 e. The van der Waals surface area contributed by atoms with Crippen LogP contribution in [0.4, 0.5) is 0 Å². The Balaban J connectivity index is 1.64. The molecule has 0 aliphatic carbocycles. The van der Waals surface area contributed by atoms with Gasteiger partial charge in [0.15, 0.2) is 5.78 Å². The molecule has 1 aliphatic heterocycles. The summed E-state index contributed by atoms with van der Waals surface area (Å²) in [6.45, 7) is 4.21. The molecule has 0 saturated carbocycles. The van der Waals surface area contributed by atoms with Crippen molar-refractivity contribution in [2.75, 3.05) is 27.2 Å².